The Bertz CT molecular complexity index is 451. The Morgan fingerprint density at radius 1 is 1.07 bits per heavy atom. The Balaban J connectivity index is 2.36. The number of amides is 1. The van der Waals surface area contributed by atoms with Crippen molar-refractivity contribution in [2.75, 3.05) is 0 Å². The van der Waals surface area contributed by atoms with Crippen molar-refractivity contribution in [3.8, 4) is 0 Å². The molecule has 2 aromatic carbocycles. The van der Waals surface area contributed by atoms with E-state index in [4.69, 9.17) is 0 Å². The monoisotopic (exact) mass is 184 g/mol. The topological polar surface area (TPSA) is 29.1 Å². The molecule has 1 radical (unpaired) electrons. The van der Waals surface area contributed by atoms with Crippen LogP contribution in [-0.4, -0.2) is 6.41 Å². The molecule has 69 valence electrons. The molecule has 2 rings (SSSR count). The first-order valence-corrected chi connectivity index (χ1v) is 4.48. The van der Waals surface area contributed by atoms with Crippen molar-refractivity contribution in [1.29, 1.82) is 0 Å². The van der Waals surface area contributed by atoms with Crippen LogP contribution in [0.2, 0.25) is 0 Å². The molecule has 0 fully saturated rings. The van der Waals surface area contributed by atoms with Crippen LogP contribution in [0.4, 0.5) is 0 Å². The Morgan fingerprint density at radius 3 is 2.64 bits per heavy atom. The molecule has 0 saturated carbocycles. The molecule has 0 atom stereocenters. The lowest BCUT2D eigenvalue weighted by Crippen LogP contribution is -2.09. The van der Waals surface area contributed by atoms with E-state index < -0.39 is 0 Å². The summed E-state index contributed by atoms with van der Waals surface area (Å²) in [5.74, 6) is 0. The van der Waals surface area contributed by atoms with Crippen LogP contribution in [-0.2, 0) is 11.3 Å². The summed E-state index contributed by atoms with van der Waals surface area (Å²) in [6.45, 7) is 0.536. The normalized spacial score (nSPS) is 10.0. The molecule has 2 nitrogen and oxygen atoms in total. The molecule has 0 heterocycles. The molecule has 0 aliphatic heterocycles. The maximum absolute atomic E-state index is 10.0. The Morgan fingerprint density at radius 2 is 1.86 bits per heavy atom. The van der Waals surface area contributed by atoms with E-state index in [0.29, 0.717) is 6.54 Å². The molecule has 0 spiro atoms. The third-order valence-electron chi connectivity index (χ3n) is 2.18. The first kappa shape index (κ1) is 8.75. The third kappa shape index (κ3) is 1.74. The van der Waals surface area contributed by atoms with E-state index in [1.54, 1.807) is 6.41 Å². The largest absolute Gasteiger partial charge is 0.344 e. The van der Waals surface area contributed by atoms with Gasteiger partial charge >= 0.3 is 6.41 Å². The van der Waals surface area contributed by atoms with Crippen LogP contribution < -0.4 is 5.32 Å². The van der Waals surface area contributed by atoms with Crippen LogP contribution in [0.1, 0.15) is 5.56 Å². The number of carbonyl (C=O) groups excluding carboxylic acids is 1. The van der Waals surface area contributed by atoms with Gasteiger partial charge in [-0.1, -0.05) is 36.4 Å². The fraction of sp³-hybridized carbons (Fsp3) is 0.0833. The molecule has 2 aromatic rings. The zero-order valence-corrected chi connectivity index (χ0v) is 7.66. The summed E-state index contributed by atoms with van der Waals surface area (Å²) >= 11 is 0. The molecule has 14 heavy (non-hydrogen) atoms. The number of hydrogen-bond acceptors (Lipinski definition) is 1. The molecule has 0 unspecified atom stereocenters. The quantitative estimate of drug-likeness (QED) is 0.726. The second-order valence-electron chi connectivity index (χ2n) is 3.14. The number of benzene rings is 2. The van der Waals surface area contributed by atoms with Gasteiger partial charge < -0.3 is 5.32 Å². The van der Waals surface area contributed by atoms with Gasteiger partial charge in [-0.25, -0.2) is 0 Å². The molecule has 1 amide bonds. The summed E-state index contributed by atoms with van der Waals surface area (Å²) in [5.41, 5.74) is 1.09. The van der Waals surface area contributed by atoms with Gasteiger partial charge in [-0.2, -0.15) is 0 Å². The van der Waals surface area contributed by atoms with Gasteiger partial charge in [-0.3, -0.25) is 4.79 Å². The van der Waals surface area contributed by atoms with Gasteiger partial charge in [0.2, 0.25) is 0 Å². The van der Waals surface area contributed by atoms with Crippen LogP contribution >= 0.6 is 0 Å². The zero-order valence-electron chi connectivity index (χ0n) is 7.66. The van der Waals surface area contributed by atoms with Crippen LogP contribution in [0.3, 0.4) is 0 Å². The second kappa shape index (κ2) is 3.92. The molecule has 2 heteroatoms. The van der Waals surface area contributed by atoms with Gasteiger partial charge in [-0.05, 0) is 22.4 Å². The maximum Gasteiger partial charge on any atom is 0.309 e. The fourth-order valence-corrected chi connectivity index (χ4v) is 1.49. The van der Waals surface area contributed by atoms with Crippen molar-refractivity contribution in [1.82, 2.24) is 5.32 Å². The first-order valence-electron chi connectivity index (χ1n) is 4.48. The Kier molecular flexibility index (Phi) is 2.45. The number of fused-ring (bicyclic) bond motifs is 1. The molecule has 0 aliphatic carbocycles. The Hall–Kier alpha value is -1.83. The summed E-state index contributed by atoms with van der Waals surface area (Å²) in [5, 5.41) is 4.93. The third-order valence-corrected chi connectivity index (χ3v) is 2.18. The van der Waals surface area contributed by atoms with E-state index in [9.17, 15) is 4.79 Å². The Labute approximate surface area is 82.6 Å². The summed E-state index contributed by atoms with van der Waals surface area (Å²) in [7, 11) is 0. The predicted molar refractivity (Wildman–Crippen MR) is 56.5 cm³/mol. The molecule has 0 bridgehead atoms. The minimum Gasteiger partial charge on any atom is -0.344 e. The average molecular weight is 184 g/mol. The second-order valence-corrected chi connectivity index (χ2v) is 3.14. The minimum absolute atomic E-state index is 0.536. The van der Waals surface area contributed by atoms with Crippen LogP contribution in [0.5, 0.6) is 0 Å². The summed E-state index contributed by atoms with van der Waals surface area (Å²) < 4.78 is 0. The molecule has 0 aliphatic rings. The van der Waals surface area contributed by atoms with E-state index in [1.807, 2.05) is 18.2 Å². The highest BCUT2D eigenvalue weighted by Gasteiger charge is 1.94. The molecule has 0 saturated heterocycles. The highest BCUT2D eigenvalue weighted by atomic mass is 16.1. The number of nitrogens with one attached hydrogen (secondary N) is 1. The van der Waals surface area contributed by atoms with Crippen LogP contribution in [0.15, 0.2) is 42.5 Å². The molecule has 1 N–H and O–H groups in total. The van der Waals surface area contributed by atoms with E-state index in [2.05, 4.69) is 29.6 Å². The van der Waals surface area contributed by atoms with Gasteiger partial charge in [0.25, 0.3) is 0 Å². The zero-order chi connectivity index (χ0) is 9.80. The number of rotatable bonds is 3. The van der Waals surface area contributed by atoms with Gasteiger partial charge in [0.1, 0.15) is 0 Å². The van der Waals surface area contributed by atoms with Crippen molar-refractivity contribution in [3.05, 3.63) is 48.0 Å². The maximum atomic E-state index is 10.0. The lowest BCUT2D eigenvalue weighted by Gasteiger charge is -2.01. The number of hydrogen-bond donors (Lipinski definition) is 1. The lowest BCUT2D eigenvalue weighted by molar-refractivity contribution is 0.542. The minimum atomic E-state index is 0.536. The van der Waals surface area contributed by atoms with Gasteiger partial charge in [0, 0.05) is 6.54 Å². The predicted octanol–water partition coefficient (Wildman–Crippen LogP) is 2.00. The smallest absolute Gasteiger partial charge is 0.309 e. The molecule has 0 aromatic heterocycles. The summed E-state index contributed by atoms with van der Waals surface area (Å²) in [6, 6.07) is 14.3. The highest BCUT2D eigenvalue weighted by Crippen LogP contribution is 2.15. The van der Waals surface area contributed by atoms with Gasteiger partial charge in [0.15, 0.2) is 0 Å². The van der Waals surface area contributed by atoms with Crippen LogP contribution in [0.25, 0.3) is 10.8 Å². The SMILES string of the molecule is O=[C]NCc1ccc2ccccc2c1. The van der Waals surface area contributed by atoms with Crippen molar-refractivity contribution < 1.29 is 4.79 Å². The van der Waals surface area contributed by atoms with Crippen molar-refractivity contribution in [2.45, 2.75) is 6.54 Å². The van der Waals surface area contributed by atoms with E-state index in [0.717, 1.165) is 5.56 Å². The van der Waals surface area contributed by atoms with Crippen molar-refractivity contribution >= 4 is 17.2 Å². The van der Waals surface area contributed by atoms with Crippen LogP contribution in [0, 0.1) is 0 Å². The van der Waals surface area contributed by atoms with Crippen molar-refractivity contribution in [2.24, 2.45) is 0 Å². The van der Waals surface area contributed by atoms with E-state index >= 15 is 0 Å². The van der Waals surface area contributed by atoms with Gasteiger partial charge in [-0.15, -0.1) is 0 Å². The summed E-state index contributed by atoms with van der Waals surface area (Å²) in [4.78, 5) is 10.0. The standard InChI is InChI=1S/C12H10NO/c14-9-13-8-10-5-6-11-3-1-2-4-12(11)7-10/h1-7H,8H2,(H,13,14). The average Bonchev–Trinajstić information content (AvgIpc) is 2.26. The molecular weight excluding hydrogens is 174 g/mol. The van der Waals surface area contributed by atoms with E-state index in [1.165, 1.54) is 10.8 Å². The van der Waals surface area contributed by atoms with Crippen molar-refractivity contribution in [3.63, 3.8) is 0 Å². The van der Waals surface area contributed by atoms with E-state index in [-0.39, 0.29) is 0 Å². The summed E-state index contributed by atoms with van der Waals surface area (Å²) in [6.07, 6.45) is 1.66. The molecular formula is C12H10NO. The first-order chi connectivity index (χ1) is 6.90. The fourth-order valence-electron chi connectivity index (χ4n) is 1.49. The highest BCUT2D eigenvalue weighted by molar-refractivity contribution is 5.83. The van der Waals surface area contributed by atoms with Gasteiger partial charge in [0.05, 0.1) is 0 Å². The lowest BCUT2D eigenvalue weighted by atomic mass is 10.1.